The summed E-state index contributed by atoms with van der Waals surface area (Å²) in [5.74, 6) is 0.696. The van der Waals surface area contributed by atoms with E-state index < -0.39 is 11.7 Å². The Labute approximate surface area is 180 Å². The van der Waals surface area contributed by atoms with Crippen molar-refractivity contribution in [2.45, 2.75) is 45.8 Å². The van der Waals surface area contributed by atoms with Crippen LogP contribution in [0.1, 0.15) is 45.7 Å². The number of nitrogens with one attached hydrogen (secondary N) is 3. The molecule has 3 N–H and O–H groups in total. The number of carbonyl (C=O) groups excluding carboxylic acids is 1. The highest BCUT2D eigenvalue weighted by molar-refractivity contribution is 5.79. The summed E-state index contributed by atoms with van der Waals surface area (Å²) >= 11 is 0. The van der Waals surface area contributed by atoms with Gasteiger partial charge in [0.1, 0.15) is 5.60 Å². The molecule has 1 aromatic carbocycles. The molecular weight excluding hydrogens is 384 g/mol. The van der Waals surface area contributed by atoms with Gasteiger partial charge in [0.05, 0.1) is 25.8 Å². The molecule has 30 heavy (non-hydrogen) atoms. The number of methoxy groups -OCH3 is 1. The van der Waals surface area contributed by atoms with E-state index in [1.807, 2.05) is 58.0 Å². The van der Waals surface area contributed by atoms with Crippen LogP contribution in [0, 0.1) is 0 Å². The zero-order chi connectivity index (χ0) is 22.2. The number of rotatable bonds is 12. The van der Waals surface area contributed by atoms with Crippen LogP contribution in [-0.2, 0) is 14.2 Å². The van der Waals surface area contributed by atoms with Crippen molar-refractivity contribution in [1.29, 1.82) is 0 Å². The van der Waals surface area contributed by atoms with E-state index in [4.69, 9.17) is 14.2 Å². The largest absolute Gasteiger partial charge is 0.444 e. The average molecular weight is 423 g/mol. The lowest BCUT2D eigenvalue weighted by Crippen LogP contribution is -2.40. The molecule has 0 aliphatic carbocycles. The number of aliphatic imine (C=N–C) groups is 1. The molecule has 170 valence electrons. The zero-order valence-electron chi connectivity index (χ0n) is 19.0. The van der Waals surface area contributed by atoms with Gasteiger partial charge in [0.15, 0.2) is 5.96 Å². The fourth-order valence-corrected chi connectivity index (χ4v) is 2.52. The average Bonchev–Trinajstić information content (AvgIpc) is 2.69. The van der Waals surface area contributed by atoms with Crippen molar-refractivity contribution in [2.75, 3.05) is 46.6 Å². The van der Waals surface area contributed by atoms with Crippen LogP contribution in [0.25, 0.3) is 0 Å². The van der Waals surface area contributed by atoms with Gasteiger partial charge in [-0.2, -0.15) is 0 Å². The predicted octanol–water partition coefficient (Wildman–Crippen LogP) is 2.86. The highest BCUT2D eigenvalue weighted by Gasteiger charge is 2.20. The lowest BCUT2D eigenvalue weighted by Gasteiger charge is -2.23. The molecule has 0 aromatic heterocycles. The summed E-state index contributed by atoms with van der Waals surface area (Å²) in [6, 6.07) is 9.46. The lowest BCUT2D eigenvalue weighted by atomic mass is 10.1. The van der Waals surface area contributed by atoms with Crippen molar-refractivity contribution >= 4 is 12.1 Å². The Kier molecular flexibility index (Phi) is 12.5. The Morgan fingerprint density at radius 2 is 1.83 bits per heavy atom. The van der Waals surface area contributed by atoms with Gasteiger partial charge in [-0.1, -0.05) is 30.3 Å². The Morgan fingerprint density at radius 1 is 1.10 bits per heavy atom. The van der Waals surface area contributed by atoms with E-state index in [1.54, 1.807) is 7.11 Å². The molecule has 0 heterocycles. The molecule has 1 aromatic rings. The number of hydrogen-bond donors (Lipinski definition) is 3. The summed E-state index contributed by atoms with van der Waals surface area (Å²) in [6.45, 7) is 11.2. The van der Waals surface area contributed by atoms with E-state index in [2.05, 4.69) is 20.9 Å². The smallest absolute Gasteiger partial charge is 0.408 e. The van der Waals surface area contributed by atoms with E-state index in [0.29, 0.717) is 32.3 Å². The van der Waals surface area contributed by atoms with Gasteiger partial charge in [0.25, 0.3) is 0 Å². The molecule has 0 aliphatic rings. The fraction of sp³-hybridized carbons (Fsp3) is 0.636. The van der Waals surface area contributed by atoms with Gasteiger partial charge in [-0.3, -0.25) is 4.99 Å². The van der Waals surface area contributed by atoms with Gasteiger partial charge in [-0.05, 0) is 39.7 Å². The third kappa shape index (κ3) is 12.3. The number of ether oxygens (including phenoxy) is 3. The van der Waals surface area contributed by atoms with Crippen LogP contribution in [0.3, 0.4) is 0 Å². The molecule has 0 fully saturated rings. The SMILES string of the molecule is CCNC(=NCC(NC(=O)OC(C)(C)C)c1ccccc1)NCCCOCCOC. The van der Waals surface area contributed by atoms with Crippen molar-refractivity contribution in [3.8, 4) is 0 Å². The van der Waals surface area contributed by atoms with Crippen LogP contribution in [0.4, 0.5) is 4.79 Å². The second-order valence-electron chi connectivity index (χ2n) is 7.71. The first-order valence-corrected chi connectivity index (χ1v) is 10.5. The Hall–Kier alpha value is -2.32. The van der Waals surface area contributed by atoms with Gasteiger partial charge >= 0.3 is 6.09 Å². The quantitative estimate of drug-likeness (QED) is 0.272. The third-order valence-corrected chi connectivity index (χ3v) is 3.86. The first-order valence-electron chi connectivity index (χ1n) is 10.5. The van der Waals surface area contributed by atoms with Crippen LogP contribution in [0.5, 0.6) is 0 Å². The molecule has 0 radical (unpaired) electrons. The maximum absolute atomic E-state index is 12.3. The summed E-state index contributed by atoms with van der Waals surface area (Å²) in [5.41, 5.74) is 0.408. The van der Waals surface area contributed by atoms with Crippen molar-refractivity contribution in [3.05, 3.63) is 35.9 Å². The topological polar surface area (TPSA) is 93.2 Å². The van der Waals surface area contributed by atoms with Gasteiger partial charge in [-0.25, -0.2) is 4.79 Å². The lowest BCUT2D eigenvalue weighted by molar-refractivity contribution is 0.0505. The Morgan fingerprint density at radius 3 is 2.47 bits per heavy atom. The standard InChI is InChI=1S/C22H38N4O4/c1-6-23-20(24-13-10-14-29-16-15-28-5)25-17-19(18-11-8-7-9-12-18)26-21(27)30-22(2,3)4/h7-9,11-12,19H,6,10,13-17H2,1-5H3,(H,26,27)(H2,23,24,25). The van der Waals surface area contributed by atoms with Crippen molar-refractivity contribution in [2.24, 2.45) is 4.99 Å². The number of benzene rings is 1. The van der Waals surface area contributed by atoms with Crippen LogP contribution < -0.4 is 16.0 Å². The number of nitrogens with zero attached hydrogens (tertiary/aromatic N) is 1. The van der Waals surface area contributed by atoms with Gasteiger partial charge in [0.2, 0.25) is 0 Å². The fourth-order valence-electron chi connectivity index (χ4n) is 2.52. The van der Waals surface area contributed by atoms with Gasteiger partial charge in [-0.15, -0.1) is 0 Å². The van der Waals surface area contributed by atoms with E-state index in [1.165, 1.54) is 0 Å². The maximum Gasteiger partial charge on any atom is 0.408 e. The summed E-state index contributed by atoms with van der Waals surface area (Å²) in [6.07, 6.45) is 0.393. The minimum Gasteiger partial charge on any atom is -0.444 e. The molecule has 0 aliphatic heterocycles. The molecule has 1 atom stereocenters. The van der Waals surface area contributed by atoms with Crippen molar-refractivity contribution < 1.29 is 19.0 Å². The second-order valence-corrected chi connectivity index (χ2v) is 7.71. The minimum absolute atomic E-state index is 0.297. The highest BCUT2D eigenvalue weighted by Crippen LogP contribution is 2.15. The molecule has 8 heteroatoms. The minimum atomic E-state index is -0.559. The molecule has 1 unspecified atom stereocenters. The zero-order valence-corrected chi connectivity index (χ0v) is 19.0. The molecule has 0 spiro atoms. The first-order chi connectivity index (χ1) is 14.4. The second kappa shape index (κ2) is 14.6. The van der Waals surface area contributed by atoms with E-state index in [9.17, 15) is 4.79 Å². The number of carbonyl (C=O) groups is 1. The Balaban J connectivity index is 2.67. The van der Waals surface area contributed by atoms with Crippen LogP contribution in [0.2, 0.25) is 0 Å². The monoisotopic (exact) mass is 422 g/mol. The molecule has 0 bridgehead atoms. The predicted molar refractivity (Wildman–Crippen MR) is 120 cm³/mol. The van der Waals surface area contributed by atoms with Crippen LogP contribution in [-0.4, -0.2) is 64.2 Å². The third-order valence-electron chi connectivity index (χ3n) is 3.86. The number of hydrogen-bond acceptors (Lipinski definition) is 5. The van der Waals surface area contributed by atoms with E-state index >= 15 is 0 Å². The van der Waals surface area contributed by atoms with Crippen molar-refractivity contribution in [1.82, 2.24) is 16.0 Å². The normalized spacial score (nSPS) is 12.9. The molecule has 0 saturated carbocycles. The van der Waals surface area contributed by atoms with Crippen molar-refractivity contribution in [3.63, 3.8) is 0 Å². The highest BCUT2D eigenvalue weighted by atomic mass is 16.6. The number of alkyl carbamates (subject to hydrolysis) is 1. The van der Waals surface area contributed by atoms with E-state index in [0.717, 1.165) is 25.1 Å². The van der Waals surface area contributed by atoms with Crippen LogP contribution in [0.15, 0.2) is 35.3 Å². The number of guanidine groups is 1. The van der Waals surface area contributed by atoms with Crippen LogP contribution >= 0.6 is 0 Å². The summed E-state index contributed by atoms with van der Waals surface area (Å²) in [4.78, 5) is 16.9. The molecular formula is C22H38N4O4. The first kappa shape index (κ1) is 25.7. The Bertz CT molecular complexity index is 617. The number of amides is 1. The summed E-state index contributed by atoms with van der Waals surface area (Å²) in [5, 5.41) is 9.45. The van der Waals surface area contributed by atoms with Gasteiger partial charge in [0, 0.05) is 26.8 Å². The molecule has 1 amide bonds. The summed E-state index contributed by atoms with van der Waals surface area (Å²) < 4.78 is 15.8. The molecule has 0 saturated heterocycles. The molecule has 1 rings (SSSR count). The molecule has 8 nitrogen and oxygen atoms in total. The summed E-state index contributed by atoms with van der Waals surface area (Å²) in [7, 11) is 1.66. The van der Waals surface area contributed by atoms with E-state index in [-0.39, 0.29) is 6.04 Å². The maximum atomic E-state index is 12.3. The van der Waals surface area contributed by atoms with Gasteiger partial charge < -0.3 is 30.2 Å².